The third-order valence-corrected chi connectivity index (χ3v) is 6.90. The van der Waals surface area contributed by atoms with E-state index in [9.17, 15) is 4.79 Å². The van der Waals surface area contributed by atoms with Crippen LogP contribution in [0.4, 0.5) is 0 Å². The second-order valence-corrected chi connectivity index (χ2v) is 9.04. The van der Waals surface area contributed by atoms with E-state index in [1.165, 1.54) is 11.8 Å². The highest BCUT2D eigenvalue weighted by Gasteiger charge is 2.12. The van der Waals surface area contributed by atoms with Crippen LogP contribution in [-0.4, -0.2) is 22.9 Å². The van der Waals surface area contributed by atoms with Crippen LogP contribution >= 0.6 is 11.8 Å². The number of thioether (sulfide) groups is 1. The molecule has 0 bridgehead atoms. The molecule has 0 unspecified atom stereocenters. The van der Waals surface area contributed by atoms with Crippen LogP contribution in [0, 0.1) is 0 Å². The fourth-order valence-electron chi connectivity index (χ4n) is 3.99. The van der Waals surface area contributed by atoms with Gasteiger partial charge in [0, 0.05) is 27.8 Å². The first kappa shape index (κ1) is 21.3. The summed E-state index contributed by atoms with van der Waals surface area (Å²) < 4.78 is 6.18. The van der Waals surface area contributed by atoms with Gasteiger partial charge in [0.1, 0.15) is 17.2 Å². The fraction of sp³-hybridized carbons (Fsp3) is 0.107. The van der Waals surface area contributed by atoms with Crippen LogP contribution in [-0.2, 0) is 10.5 Å². The van der Waals surface area contributed by atoms with E-state index in [0.717, 1.165) is 55.5 Å². The number of aliphatic carboxylic acids is 1. The van der Waals surface area contributed by atoms with Gasteiger partial charge in [-0.2, -0.15) is 11.8 Å². The average molecular weight is 454 g/mol. The second-order valence-electron chi connectivity index (χ2n) is 8.01. The molecule has 5 aromatic rings. The maximum absolute atomic E-state index is 10.8. The van der Waals surface area contributed by atoms with E-state index in [0.29, 0.717) is 5.75 Å². The lowest BCUT2D eigenvalue weighted by molar-refractivity contribution is -0.137. The van der Waals surface area contributed by atoms with E-state index in [1.807, 2.05) is 18.2 Å². The van der Waals surface area contributed by atoms with Gasteiger partial charge < -0.3 is 15.3 Å². The number of benzene rings is 4. The summed E-state index contributed by atoms with van der Waals surface area (Å²) in [4.78, 5) is 10.8. The maximum atomic E-state index is 10.8. The predicted molar refractivity (Wildman–Crippen MR) is 136 cm³/mol. The largest absolute Gasteiger partial charge is 0.480 e. The molecule has 0 saturated carbocycles. The smallest absolute Gasteiger partial charge is 0.321 e. The number of carboxylic acids is 1. The Bertz CT molecular complexity index is 1420. The van der Waals surface area contributed by atoms with E-state index in [-0.39, 0.29) is 0 Å². The zero-order chi connectivity index (χ0) is 22.8. The standard InChI is InChI=1S/C28H23NO3S/c29-25(28(30)31)17-33-16-18-8-10-19(11-9-18)20-12-14-21(15-13-20)22-5-3-6-24-23-4-1-2-7-26(23)32-27(22)24/h1-15,25H,16-17,29H2,(H,30,31)/t25-/m0/s1. The molecule has 1 atom stereocenters. The highest BCUT2D eigenvalue weighted by Crippen LogP contribution is 2.36. The van der Waals surface area contributed by atoms with E-state index >= 15 is 0 Å². The van der Waals surface area contributed by atoms with Gasteiger partial charge in [-0.05, 0) is 28.3 Å². The van der Waals surface area contributed by atoms with Crippen LogP contribution in [0.5, 0.6) is 0 Å². The topological polar surface area (TPSA) is 76.5 Å². The van der Waals surface area contributed by atoms with Crippen molar-refractivity contribution in [2.75, 3.05) is 5.75 Å². The van der Waals surface area contributed by atoms with Gasteiger partial charge in [-0.25, -0.2) is 0 Å². The number of hydrogen-bond donors (Lipinski definition) is 2. The third-order valence-electron chi connectivity index (χ3n) is 5.77. The van der Waals surface area contributed by atoms with Gasteiger partial charge in [-0.15, -0.1) is 0 Å². The quantitative estimate of drug-likeness (QED) is 0.292. The molecule has 0 spiro atoms. The number of fused-ring (bicyclic) bond motifs is 3. The van der Waals surface area contributed by atoms with Crippen molar-refractivity contribution < 1.29 is 14.3 Å². The van der Waals surface area contributed by atoms with Gasteiger partial charge in [0.2, 0.25) is 0 Å². The minimum absolute atomic E-state index is 0.399. The zero-order valence-electron chi connectivity index (χ0n) is 17.9. The van der Waals surface area contributed by atoms with Crippen molar-refractivity contribution in [3.05, 3.63) is 96.6 Å². The fourth-order valence-corrected chi connectivity index (χ4v) is 4.93. The van der Waals surface area contributed by atoms with Crippen molar-refractivity contribution in [1.29, 1.82) is 0 Å². The first-order valence-electron chi connectivity index (χ1n) is 10.8. The molecule has 0 amide bonds. The molecular formula is C28H23NO3S. The number of furan rings is 1. The molecule has 5 heteroatoms. The Morgan fingerprint density at radius 3 is 2.18 bits per heavy atom. The predicted octanol–water partition coefficient (Wildman–Crippen LogP) is 6.57. The molecule has 0 aliphatic heterocycles. The lowest BCUT2D eigenvalue weighted by Crippen LogP contribution is -2.32. The Morgan fingerprint density at radius 1 is 0.818 bits per heavy atom. The number of carboxylic acid groups (broad SMARTS) is 1. The number of carbonyl (C=O) groups is 1. The Hall–Kier alpha value is -3.54. The first-order chi connectivity index (χ1) is 16.1. The summed E-state index contributed by atoms with van der Waals surface area (Å²) >= 11 is 1.53. The number of para-hydroxylation sites is 2. The molecule has 0 aliphatic carbocycles. The summed E-state index contributed by atoms with van der Waals surface area (Å²) in [5.74, 6) is 0.177. The van der Waals surface area contributed by atoms with Crippen LogP contribution in [0.25, 0.3) is 44.2 Å². The molecule has 1 heterocycles. The Morgan fingerprint density at radius 2 is 1.45 bits per heavy atom. The van der Waals surface area contributed by atoms with Gasteiger partial charge in [0.25, 0.3) is 0 Å². The molecule has 1 aromatic heterocycles. The minimum Gasteiger partial charge on any atom is -0.480 e. The molecule has 3 N–H and O–H groups in total. The van der Waals surface area contributed by atoms with E-state index in [4.69, 9.17) is 15.3 Å². The van der Waals surface area contributed by atoms with Crippen molar-refractivity contribution in [3.63, 3.8) is 0 Å². The first-order valence-corrected chi connectivity index (χ1v) is 11.9. The molecule has 0 radical (unpaired) electrons. The van der Waals surface area contributed by atoms with E-state index < -0.39 is 12.0 Å². The van der Waals surface area contributed by atoms with Crippen LogP contribution in [0.15, 0.2) is 95.4 Å². The van der Waals surface area contributed by atoms with Crippen LogP contribution in [0.3, 0.4) is 0 Å². The molecule has 4 aromatic carbocycles. The summed E-state index contributed by atoms with van der Waals surface area (Å²) in [6.07, 6.45) is 0. The highest BCUT2D eigenvalue weighted by atomic mass is 32.2. The molecular weight excluding hydrogens is 430 g/mol. The van der Waals surface area contributed by atoms with Gasteiger partial charge in [-0.1, -0.05) is 84.9 Å². The lowest BCUT2D eigenvalue weighted by atomic mass is 9.98. The second kappa shape index (κ2) is 9.14. The zero-order valence-corrected chi connectivity index (χ0v) is 18.7. The van der Waals surface area contributed by atoms with Gasteiger partial charge in [-0.3, -0.25) is 4.79 Å². The van der Waals surface area contributed by atoms with Gasteiger partial charge in [0.15, 0.2) is 0 Å². The molecule has 5 rings (SSSR count). The summed E-state index contributed by atoms with van der Waals surface area (Å²) in [7, 11) is 0. The Kier molecular flexibility index (Phi) is 5.90. The summed E-state index contributed by atoms with van der Waals surface area (Å²) in [6, 6.07) is 30.5. The number of rotatable bonds is 7. The van der Waals surface area contributed by atoms with Crippen LogP contribution in [0.1, 0.15) is 5.56 Å². The van der Waals surface area contributed by atoms with Crippen molar-refractivity contribution in [2.45, 2.75) is 11.8 Å². The maximum Gasteiger partial charge on any atom is 0.321 e. The summed E-state index contributed by atoms with van der Waals surface area (Å²) in [5.41, 5.74) is 13.0. The number of hydrogen-bond acceptors (Lipinski definition) is 4. The van der Waals surface area contributed by atoms with Crippen LogP contribution < -0.4 is 5.73 Å². The van der Waals surface area contributed by atoms with Gasteiger partial charge in [0.05, 0.1) is 0 Å². The van der Waals surface area contributed by atoms with Crippen LogP contribution in [0.2, 0.25) is 0 Å². The van der Waals surface area contributed by atoms with E-state index in [1.54, 1.807) is 0 Å². The molecule has 0 saturated heterocycles. The summed E-state index contributed by atoms with van der Waals surface area (Å²) in [6.45, 7) is 0. The molecule has 33 heavy (non-hydrogen) atoms. The minimum atomic E-state index is -0.960. The van der Waals surface area contributed by atoms with Gasteiger partial charge >= 0.3 is 5.97 Å². The Labute approximate surface area is 196 Å². The SMILES string of the molecule is N[C@@H](CSCc1ccc(-c2ccc(-c3cccc4c3oc3ccccc34)cc2)cc1)C(=O)O. The average Bonchev–Trinajstić information content (AvgIpc) is 3.23. The van der Waals surface area contributed by atoms with Crippen molar-refractivity contribution >= 4 is 39.7 Å². The monoisotopic (exact) mass is 453 g/mol. The lowest BCUT2D eigenvalue weighted by Gasteiger charge is -2.08. The Balaban J connectivity index is 1.34. The normalized spacial score (nSPS) is 12.3. The molecule has 4 nitrogen and oxygen atoms in total. The molecule has 0 aliphatic rings. The number of nitrogens with two attached hydrogens (primary N) is 1. The highest BCUT2D eigenvalue weighted by molar-refractivity contribution is 7.98. The van der Waals surface area contributed by atoms with Crippen molar-refractivity contribution in [3.8, 4) is 22.3 Å². The van der Waals surface area contributed by atoms with Crippen molar-refractivity contribution in [1.82, 2.24) is 0 Å². The third kappa shape index (κ3) is 4.38. The molecule has 164 valence electrons. The van der Waals surface area contributed by atoms with E-state index in [2.05, 4.69) is 72.8 Å². The van der Waals surface area contributed by atoms with Crippen molar-refractivity contribution in [2.24, 2.45) is 5.73 Å². The molecule has 0 fully saturated rings. The summed E-state index contributed by atoms with van der Waals surface area (Å²) in [5, 5.41) is 11.1.